The van der Waals surface area contributed by atoms with E-state index < -0.39 is 11.4 Å². The number of likely N-dealkylation sites (N-methyl/N-ethyl adjacent to an activating group) is 1. The first-order valence-electron chi connectivity index (χ1n) is 11.4. The monoisotopic (exact) mass is 460 g/mol. The third kappa shape index (κ3) is 4.15. The number of H-pyrrole nitrogens is 1. The average Bonchev–Trinajstić information content (AvgIpc) is 3.29. The van der Waals surface area contributed by atoms with E-state index in [9.17, 15) is 14.3 Å². The molecule has 2 aromatic heterocycles. The molecule has 180 valence electrons. The maximum atomic E-state index is 14.3. The Morgan fingerprint density at radius 1 is 1.36 bits per heavy atom. The SMILES string of the molecule is CCc1ncc(F)c(Nc2n[nH]c3c2CN(C(=O)N2C[C@H](CCO)N(C)C[C@@H]2C)C3(C)C)n1. The van der Waals surface area contributed by atoms with Crippen LogP contribution in [0.25, 0.3) is 0 Å². The highest BCUT2D eigenvalue weighted by molar-refractivity contribution is 5.78. The van der Waals surface area contributed by atoms with Crippen LogP contribution in [0.1, 0.15) is 51.2 Å². The summed E-state index contributed by atoms with van der Waals surface area (Å²) in [7, 11) is 2.03. The number of piperazine rings is 1. The van der Waals surface area contributed by atoms with Gasteiger partial charge in [0.25, 0.3) is 0 Å². The van der Waals surface area contributed by atoms with Crippen LogP contribution in [0.4, 0.5) is 20.8 Å². The predicted molar refractivity (Wildman–Crippen MR) is 121 cm³/mol. The highest BCUT2D eigenvalue weighted by Crippen LogP contribution is 2.42. The van der Waals surface area contributed by atoms with Crippen molar-refractivity contribution >= 4 is 17.7 Å². The third-order valence-electron chi connectivity index (χ3n) is 6.87. The number of amides is 2. The summed E-state index contributed by atoms with van der Waals surface area (Å²) in [6.07, 6.45) is 2.36. The lowest BCUT2D eigenvalue weighted by atomic mass is 10.0. The first-order chi connectivity index (χ1) is 15.7. The number of fused-ring (bicyclic) bond motifs is 1. The zero-order valence-electron chi connectivity index (χ0n) is 19.9. The number of halogens is 1. The number of hydrogen-bond acceptors (Lipinski definition) is 7. The number of carbonyl (C=O) groups is 1. The lowest BCUT2D eigenvalue weighted by Crippen LogP contribution is -2.61. The van der Waals surface area contributed by atoms with Gasteiger partial charge in [0.05, 0.1) is 24.0 Å². The van der Waals surface area contributed by atoms with Crippen molar-refractivity contribution in [3.05, 3.63) is 29.1 Å². The number of aromatic nitrogens is 4. The minimum atomic E-state index is -0.617. The van der Waals surface area contributed by atoms with Crippen LogP contribution in [0.2, 0.25) is 0 Å². The van der Waals surface area contributed by atoms with E-state index in [0.717, 1.165) is 24.0 Å². The topological polar surface area (TPSA) is 114 Å². The van der Waals surface area contributed by atoms with Crippen molar-refractivity contribution in [2.75, 3.05) is 32.1 Å². The standard InChI is InChI=1S/C22H33FN8O2/c1-6-17-24-9-16(23)20(25-17)26-19-15-12-31(22(3,4)18(15)27-28-19)21(33)30-11-14(7-8-32)29(5)10-13(30)2/h9,13-14,32H,6-8,10-12H2,1-5H3,(H2,24,25,26,27,28)/t13-,14-/m0/s1. The van der Waals surface area contributed by atoms with E-state index in [2.05, 4.69) is 30.4 Å². The Bertz CT molecular complexity index is 1030. The molecule has 3 N–H and O–H groups in total. The second kappa shape index (κ2) is 8.86. The van der Waals surface area contributed by atoms with Gasteiger partial charge in [-0.05, 0) is 34.2 Å². The first-order valence-corrected chi connectivity index (χ1v) is 11.4. The molecule has 2 atom stereocenters. The molecule has 0 aliphatic carbocycles. The van der Waals surface area contributed by atoms with Crippen molar-refractivity contribution in [3.63, 3.8) is 0 Å². The van der Waals surface area contributed by atoms with Crippen molar-refractivity contribution in [2.24, 2.45) is 0 Å². The van der Waals surface area contributed by atoms with Crippen molar-refractivity contribution < 1.29 is 14.3 Å². The Balaban J connectivity index is 1.57. The minimum Gasteiger partial charge on any atom is -0.396 e. The van der Waals surface area contributed by atoms with Gasteiger partial charge in [0.1, 0.15) is 5.82 Å². The van der Waals surface area contributed by atoms with Crippen molar-refractivity contribution in [2.45, 2.75) is 64.7 Å². The van der Waals surface area contributed by atoms with Crippen LogP contribution in [-0.2, 0) is 18.5 Å². The summed E-state index contributed by atoms with van der Waals surface area (Å²) in [6.45, 7) is 9.64. The van der Waals surface area contributed by atoms with Gasteiger partial charge < -0.3 is 20.2 Å². The zero-order valence-corrected chi connectivity index (χ0v) is 19.9. The molecule has 2 aromatic rings. The Morgan fingerprint density at radius 2 is 2.12 bits per heavy atom. The Labute approximate surface area is 193 Å². The van der Waals surface area contributed by atoms with Crippen LogP contribution >= 0.6 is 0 Å². The van der Waals surface area contributed by atoms with Gasteiger partial charge in [-0.1, -0.05) is 6.92 Å². The molecule has 33 heavy (non-hydrogen) atoms. The Morgan fingerprint density at radius 3 is 2.82 bits per heavy atom. The van der Waals surface area contributed by atoms with E-state index in [1.807, 2.05) is 44.5 Å². The molecule has 0 radical (unpaired) electrons. The molecule has 11 heteroatoms. The summed E-state index contributed by atoms with van der Waals surface area (Å²) in [5.74, 6) is 0.496. The maximum absolute atomic E-state index is 14.3. The molecule has 2 aliphatic heterocycles. The molecule has 2 amide bonds. The van der Waals surface area contributed by atoms with E-state index in [1.54, 1.807) is 0 Å². The number of anilines is 2. The lowest BCUT2D eigenvalue weighted by molar-refractivity contribution is 0.0337. The van der Waals surface area contributed by atoms with Gasteiger partial charge in [-0.3, -0.25) is 10.00 Å². The van der Waals surface area contributed by atoms with Crippen LogP contribution in [0.15, 0.2) is 6.20 Å². The fourth-order valence-corrected chi connectivity index (χ4v) is 4.79. The van der Waals surface area contributed by atoms with Crippen LogP contribution in [0.3, 0.4) is 0 Å². The third-order valence-corrected chi connectivity index (χ3v) is 6.87. The summed E-state index contributed by atoms with van der Waals surface area (Å²) >= 11 is 0. The summed E-state index contributed by atoms with van der Waals surface area (Å²) < 4.78 is 14.3. The summed E-state index contributed by atoms with van der Waals surface area (Å²) in [5, 5.41) is 19.8. The van der Waals surface area contributed by atoms with Gasteiger partial charge in [-0.2, -0.15) is 5.10 Å². The number of nitrogens with zero attached hydrogens (tertiary/aromatic N) is 6. The summed E-state index contributed by atoms with van der Waals surface area (Å²) in [4.78, 5) is 27.8. The molecule has 2 aliphatic rings. The van der Waals surface area contributed by atoms with E-state index in [1.165, 1.54) is 0 Å². The molecule has 1 saturated heterocycles. The average molecular weight is 461 g/mol. The summed E-state index contributed by atoms with van der Waals surface area (Å²) in [6, 6.07) is 0.108. The molecule has 1 fully saturated rings. The van der Waals surface area contributed by atoms with E-state index in [-0.39, 0.29) is 30.5 Å². The molecule has 0 unspecified atom stereocenters. The number of carbonyl (C=O) groups excluding carboxylic acids is 1. The number of aliphatic hydroxyl groups is 1. The predicted octanol–water partition coefficient (Wildman–Crippen LogP) is 2.20. The molecule has 0 aromatic carbocycles. The fraction of sp³-hybridized carbons (Fsp3) is 0.636. The van der Waals surface area contributed by atoms with Gasteiger partial charge in [-0.25, -0.2) is 19.2 Å². The largest absolute Gasteiger partial charge is 0.396 e. The van der Waals surface area contributed by atoms with Crippen LogP contribution in [-0.4, -0.2) is 84.8 Å². The van der Waals surface area contributed by atoms with Gasteiger partial charge in [0.2, 0.25) is 0 Å². The molecule has 4 heterocycles. The van der Waals surface area contributed by atoms with E-state index in [0.29, 0.717) is 37.6 Å². The van der Waals surface area contributed by atoms with Gasteiger partial charge >= 0.3 is 6.03 Å². The number of hydrogen-bond donors (Lipinski definition) is 3. The van der Waals surface area contributed by atoms with Crippen LogP contribution < -0.4 is 5.32 Å². The number of rotatable bonds is 5. The maximum Gasteiger partial charge on any atom is 0.321 e. The van der Waals surface area contributed by atoms with Crippen molar-refractivity contribution in [3.8, 4) is 0 Å². The normalized spacial score (nSPS) is 22.5. The fourth-order valence-electron chi connectivity index (χ4n) is 4.79. The molecule has 4 rings (SSSR count). The number of nitrogens with one attached hydrogen (secondary N) is 2. The second-order valence-electron chi connectivity index (χ2n) is 9.42. The number of aromatic amines is 1. The Kier molecular flexibility index (Phi) is 6.28. The molecule has 10 nitrogen and oxygen atoms in total. The Hall–Kier alpha value is -2.79. The molecule has 0 bridgehead atoms. The van der Waals surface area contributed by atoms with Gasteiger partial charge in [0.15, 0.2) is 17.5 Å². The number of aliphatic hydroxyl groups excluding tert-OH is 1. The minimum absolute atomic E-state index is 0.0467. The zero-order chi connectivity index (χ0) is 23.9. The molecule has 0 spiro atoms. The molecular formula is C22H33FN8O2. The van der Waals surface area contributed by atoms with E-state index in [4.69, 9.17) is 0 Å². The van der Waals surface area contributed by atoms with Crippen LogP contribution in [0, 0.1) is 5.82 Å². The van der Waals surface area contributed by atoms with Crippen molar-refractivity contribution in [1.29, 1.82) is 0 Å². The molecular weight excluding hydrogens is 427 g/mol. The second-order valence-corrected chi connectivity index (χ2v) is 9.42. The van der Waals surface area contributed by atoms with Gasteiger partial charge in [0, 0.05) is 43.8 Å². The highest BCUT2D eigenvalue weighted by atomic mass is 19.1. The quantitative estimate of drug-likeness (QED) is 0.627. The molecule has 0 saturated carbocycles. The van der Waals surface area contributed by atoms with Crippen LogP contribution in [0.5, 0.6) is 0 Å². The smallest absolute Gasteiger partial charge is 0.321 e. The van der Waals surface area contributed by atoms with Gasteiger partial charge in [-0.15, -0.1) is 0 Å². The van der Waals surface area contributed by atoms with E-state index >= 15 is 0 Å². The van der Waals surface area contributed by atoms with Crippen molar-refractivity contribution in [1.82, 2.24) is 34.9 Å². The number of aryl methyl sites for hydroxylation is 1. The lowest BCUT2D eigenvalue weighted by Gasteiger charge is -2.46. The highest BCUT2D eigenvalue weighted by Gasteiger charge is 2.46. The summed E-state index contributed by atoms with van der Waals surface area (Å²) in [5.41, 5.74) is 1.02. The first kappa shape index (κ1) is 23.4. The number of urea groups is 1.